The van der Waals surface area contributed by atoms with Crippen LogP contribution in [0.4, 0.5) is 5.69 Å². The van der Waals surface area contributed by atoms with Gasteiger partial charge in [0.15, 0.2) is 5.82 Å². The standard InChI is InChI=1S/C18H25N5O/c19-11-4-2-1-3-8-16(24)20-15-7-5-6-14(12-15)18-21-17(22-23-18)13-9-10-13/h5-7,12-13H,1-4,8-11,19H2,(H,20,24)(H,21,22,23). The number of nitrogens with two attached hydrogens (primary N) is 1. The van der Waals surface area contributed by atoms with Crippen molar-refractivity contribution in [2.24, 2.45) is 5.73 Å². The number of nitrogens with one attached hydrogen (secondary N) is 2. The zero-order chi connectivity index (χ0) is 16.8. The van der Waals surface area contributed by atoms with E-state index in [9.17, 15) is 4.79 Å². The average Bonchev–Trinajstić information content (AvgIpc) is 3.32. The third-order valence-electron chi connectivity index (χ3n) is 4.23. The van der Waals surface area contributed by atoms with Gasteiger partial charge in [-0.3, -0.25) is 9.89 Å². The molecule has 2 aromatic rings. The monoisotopic (exact) mass is 327 g/mol. The fraction of sp³-hybridized carbons (Fsp3) is 0.500. The number of nitrogens with zero attached hydrogens (tertiary/aromatic N) is 2. The second kappa shape index (κ2) is 8.06. The summed E-state index contributed by atoms with van der Waals surface area (Å²) in [5.41, 5.74) is 7.17. The summed E-state index contributed by atoms with van der Waals surface area (Å²) >= 11 is 0. The Labute approximate surface area is 142 Å². The lowest BCUT2D eigenvalue weighted by Gasteiger charge is -2.06. The van der Waals surface area contributed by atoms with Crippen LogP contribution >= 0.6 is 0 Å². The second-order valence-corrected chi connectivity index (χ2v) is 6.40. The Morgan fingerprint density at radius 3 is 2.88 bits per heavy atom. The number of aromatic nitrogens is 3. The molecule has 0 bridgehead atoms. The van der Waals surface area contributed by atoms with Crippen molar-refractivity contribution in [1.29, 1.82) is 0 Å². The Kier molecular flexibility index (Phi) is 5.59. The number of H-pyrrole nitrogens is 1. The van der Waals surface area contributed by atoms with E-state index in [2.05, 4.69) is 20.5 Å². The van der Waals surface area contributed by atoms with E-state index in [1.807, 2.05) is 24.3 Å². The number of rotatable bonds is 9. The number of carbonyl (C=O) groups excluding carboxylic acids is 1. The van der Waals surface area contributed by atoms with E-state index in [1.54, 1.807) is 0 Å². The van der Waals surface area contributed by atoms with E-state index in [0.717, 1.165) is 49.3 Å². The number of aromatic amines is 1. The highest BCUT2D eigenvalue weighted by Crippen LogP contribution is 2.38. The van der Waals surface area contributed by atoms with Crippen LogP contribution in [0.2, 0.25) is 0 Å². The molecule has 0 atom stereocenters. The van der Waals surface area contributed by atoms with Gasteiger partial charge in [-0.05, 0) is 44.4 Å². The van der Waals surface area contributed by atoms with E-state index in [1.165, 1.54) is 12.8 Å². The molecular weight excluding hydrogens is 302 g/mol. The maximum Gasteiger partial charge on any atom is 0.224 e. The van der Waals surface area contributed by atoms with Gasteiger partial charge in [-0.2, -0.15) is 5.10 Å². The molecular formula is C18H25N5O. The predicted octanol–water partition coefficient (Wildman–Crippen LogP) is 3.20. The first-order valence-corrected chi connectivity index (χ1v) is 8.79. The molecule has 4 N–H and O–H groups in total. The Bertz CT molecular complexity index is 678. The molecule has 1 aromatic heterocycles. The Morgan fingerprint density at radius 2 is 2.08 bits per heavy atom. The lowest BCUT2D eigenvalue weighted by molar-refractivity contribution is -0.116. The number of amides is 1. The Morgan fingerprint density at radius 1 is 1.25 bits per heavy atom. The fourth-order valence-corrected chi connectivity index (χ4v) is 2.69. The minimum Gasteiger partial charge on any atom is -0.330 e. The Hall–Kier alpha value is -2.21. The van der Waals surface area contributed by atoms with E-state index in [4.69, 9.17) is 5.73 Å². The molecule has 1 aliphatic rings. The molecule has 1 aliphatic carbocycles. The van der Waals surface area contributed by atoms with E-state index in [0.29, 0.717) is 18.2 Å². The highest BCUT2D eigenvalue weighted by atomic mass is 16.1. The number of carbonyl (C=O) groups is 1. The van der Waals surface area contributed by atoms with Crippen LogP contribution in [0.1, 0.15) is 56.7 Å². The number of unbranched alkanes of at least 4 members (excludes halogenated alkanes) is 3. The van der Waals surface area contributed by atoms with Gasteiger partial charge in [0.1, 0.15) is 5.82 Å². The van der Waals surface area contributed by atoms with Crippen molar-refractivity contribution in [2.45, 2.75) is 50.9 Å². The number of hydrogen-bond donors (Lipinski definition) is 3. The van der Waals surface area contributed by atoms with Crippen LogP contribution in [0.15, 0.2) is 24.3 Å². The van der Waals surface area contributed by atoms with Crippen LogP contribution in [-0.4, -0.2) is 27.6 Å². The van der Waals surface area contributed by atoms with Crippen LogP contribution in [0.25, 0.3) is 11.4 Å². The van der Waals surface area contributed by atoms with Gasteiger partial charge in [-0.25, -0.2) is 4.98 Å². The molecule has 0 spiro atoms. The molecule has 0 unspecified atom stereocenters. The molecule has 1 aromatic carbocycles. The van der Waals surface area contributed by atoms with Gasteiger partial charge in [-0.1, -0.05) is 25.0 Å². The molecule has 24 heavy (non-hydrogen) atoms. The molecule has 1 amide bonds. The second-order valence-electron chi connectivity index (χ2n) is 6.40. The van der Waals surface area contributed by atoms with Crippen molar-refractivity contribution < 1.29 is 4.79 Å². The fourth-order valence-electron chi connectivity index (χ4n) is 2.69. The minimum absolute atomic E-state index is 0.0496. The van der Waals surface area contributed by atoms with Gasteiger partial charge >= 0.3 is 0 Å². The summed E-state index contributed by atoms with van der Waals surface area (Å²) in [4.78, 5) is 16.6. The quantitative estimate of drug-likeness (QED) is 0.616. The Balaban J connectivity index is 1.53. The van der Waals surface area contributed by atoms with Crippen molar-refractivity contribution in [1.82, 2.24) is 15.2 Å². The minimum atomic E-state index is 0.0496. The molecule has 0 radical (unpaired) electrons. The highest BCUT2D eigenvalue weighted by molar-refractivity contribution is 5.91. The molecule has 1 heterocycles. The third-order valence-corrected chi connectivity index (χ3v) is 4.23. The van der Waals surface area contributed by atoms with Crippen LogP contribution in [0, 0.1) is 0 Å². The first-order valence-electron chi connectivity index (χ1n) is 8.79. The molecule has 0 saturated heterocycles. The number of benzene rings is 1. The summed E-state index contributed by atoms with van der Waals surface area (Å²) in [6, 6.07) is 7.69. The van der Waals surface area contributed by atoms with Crippen molar-refractivity contribution >= 4 is 11.6 Å². The predicted molar refractivity (Wildman–Crippen MR) is 94.6 cm³/mol. The van der Waals surface area contributed by atoms with Crippen LogP contribution in [-0.2, 0) is 4.79 Å². The maximum atomic E-state index is 12.0. The van der Waals surface area contributed by atoms with Gasteiger partial charge in [0.2, 0.25) is 5.91 Å². The van der Waals surface area contributed by atoms with Gasteiger partial charge < -0.3 is 11.1 Å². The highest BCUT2D eigenvalue weighted by Gasteiger charge is 2.27. The number of hydrogen-bond acceptors (Lipinski definition) is 4. The third kappa shape index (κ3) is 4.64. The zero-order valence-electron chi connectivity index (χ0n) is 13.9. The molecule has 1 fully saturated rings. The summed E-state index contributed by atoms with van der Waals surface area (Å²) in [6.07, 6.45) is 6.99. The van der Waals surface area contributed by atoms with Crippen molar-refractivity contribution in [3.63, 3.8) is 0 Å². The summed E-state index contributed by atoms with van der Waals surface area (Å²) in [6.45, 7) is 0.725. The first kappa shape index (κ1) is 16.6. The van der Waals surface area contributed by atoms with Gasteiger partial charge in [-0.15, -0.1) is 0 Å². The summed E-state index contributed by atoms with van der Waals surface area (Å²) in [5.74, 6) is 2.26. The first-order chi connectivity index (χ1) is 11.8. The summed E-state index contributed by atoms with van der Waals surface area (Å²) in [5, 5.41) is 10.3. The molecule has 1 saturated carbocycles. The SMILES string of the molecule is NCCCCCCC(=O)Nc1cccc(-c2n[nH]c(C3CC3)n2)c1. The van der Waals surface area contributed by atoms with Crippen molar-refractivity contribution in [2.75, 3.05) is 11.9 Å². The van der Waals surface area contributed by atoms with Crippen molar-refractivity contribution in [3.8, 4) is 11.4 Å². The maximum absolute atomic E-state index is 12.0. The van der Waals surface area contributed by atoms with Crippen molar-refractivity contribution in [3.05, 3.63) is 30.1 Å². The molecule has 6 heteroatoms. The molecule has 6 nitrogen and oxygen atoms in total. The van der Waals surface area contributed by atoms with E-state index < -0.39 is 0 Å². The van der Waals surface area contributed by atoms with E-state index >= 15 is 0 Å². The lowest BCUT2D eigenvalue weighted by Crippen LogP contribution is -2.11. The normalized spacial score (nSPS) is 13.9. The van der Waals surface area contributed by atoms with E-state index in [-0.39, 0.29) is 5.91 Å². The lowest BCUT2D eigenvalue weighted by atomic mass is 10.1. The topological polar surface area (TPSA) is 96.7 Å². The van der Waals surface area contributed by atoms with Crippen LogP contribution < -0.4 is 11.1 Å². The number of anilines is 1. The average molecular weight is 327 g/mol. The van der Waals surface area contributed by atoms with Crippen LogP contribution in [0.3, 0.4) is 0 Å². The summed E-state index contributed by atoms with van der Waals surface area (Å²) < 4.78 is 0. The van der Waals surface area contributed by atoms with Gasteiger partial charge in [0.25, 0.3) is 0 Å². The molecule has 128 valence electrons. The smallest absolute Gasteiger partial charge is 0.224 e. The van der Waals surface area contributed by atoms with Gasteiger partial charge in [0, 0.05) is 23.6 Å². The molecule has 3 rings (SSSR count). The molecule has 0 aliphatic heterocycles. The summed E-state index contributed by atoms with van der Waals surface area (Å²) in [7, 11) is 0. The largest absolute Gasteiger partial charge is 0.330 e. The van der Waals surface area contributed by atoms with Gasteiger partial charge in [0.05, 0.1) is 0 Å². The van der Waals surface area contributed by atoms with Crippen LogP contribution in [0.5, 0.6) is 0 Å². The zero-order valence-corrected chi connectivity index (χ0v) is 13.9.